The van der Waals surface area contributed by atoms with Crippen molar-refractivity contribution in [1.29, 1.82) is 0 Å². The molecule has 0 aliphatic heterocycles. The summed E-state index contributed by atoms with van der Waals surface area (Å²) in [6, 6.07) is 11.0. The van der Waals surface area contributed by atoms with Gasteiger partial charge in [-0.1, -0.05) is 30.3 Å². The molecule has 96 valence electrons. The Bertz CT molecular complexity index is 326. The first kappa shape index (κ1) is 14.4. The van der Waals surface area contributed by atoms with Crippen LogP contribution in [0.1, 0.15) is 25.3 Å². The number of nitrogens with one attached hydrogen (secondary N) is 1. The molecule has 2 nitrogen and oxygen atoms in total. The van der Waals surface area contributed by atoms with Crippen molar-refractivity contribution < 1.29 is 4.21 Å². The Morgan fingerprint density at radius 3 is 2.65 bits per heavy atom. The van der Waals surface area contributed by atoms with Crippen LogP contribution in [0.25, 0.3) is 0 Å². The smallest absolute Gasteiger partial charge is 0.0246 e. The van der Waals surface area contributed by atoms with Crippen LogP contribution in [-0.4, -0.2) is 28.8 Å². The molecule has 0 bridgehead atoms. The maximum Gasteiger partial charge on any atom is 0.0246 e. The van der Waals surface area contributed by atoms with Gasteiger partial charge in [-0.25, -0.2) is 0 Å². The fraction of sp³-hybridized carbons (Fsp3) is 0.571. The van der Waals surface area contributed by atoms with E-state index in [1.807, 2.05) is 0 Å². The minimum atomic E-state index is -0.663. The van der Waals surface area contributed by atoms with Crippen LogP contribution in [0.2, 0.25) is 0 Å². The molecule has 0 radical (unpaired) electrons. The minimum absolute atomic E-state index is 0.467. The quantitative estimate of drug-likeness (QED) is 0.721. The van der Waals surface area contributed by atoms with Crippen molar-refractivity contribution in [2.45, 2.75) is 32.2 Å². The predicted molar refractivity (Wildman–Crippen MR) is 75.8 cm³/mol. The molecule has 0 aliphatic carbocycles. The monoisotopic (exact) mass is 253 g/mol. The van der Waals surface area contributed by atoms with E-state index in [2.05, 4.69) is 42.6 Å². The molecule has 0 fully saturated rings. The summed E-state index contributed by atoms with van der Waals surface area (Å²) in [6.07, 6.45) is 5.04. The second-order valence-corrected chi connectivity index (χ2v) is 6.06. The number of benzene rings is 1. The number of rotatable bonds is 8. The summed E-state index contributed by atoms with van der Waals surface area (Å²) in [5.74, 6) is 0.798. The lowest BCUT2D eigenvalue weighted by Gasteiger charge is -2.12. The fourth-order valence-electron chi connectivity index (χ4n) is 1.73. The van der Waals surface area contributed by atoms with Gasteiger partial charge >= 0.3 is 0 Å². The summed E-state index contributed by atoms with van der Waals surface area (Å²) < 4.78 is 10.9. The van der Waals surface area contributed by atoms with Crippen molar-refractivity contribution in [1.82, 2.24) is 5.32 Å². The largest absolute Gasteiger partial charge is 0.314 e. The summed E-state index contributed by atoms with van der Waals surface area (Å²) in [7, 11) is -0.663. The van der Waals surface area contributed by atoms with E-state index >= 15 is 0 Å². The van der Waals surface area contributed by atoms with Crippen LogP contribution in [0.15, 0.2) is 30.3 Å². The van der Waals surface area contributed by atoms with E-state index in [1.54, 1.807) is 6.26 Å². The van der Waals surface area contributed by atoms with Gasteiger partial charge in [0.2, 0.25) is 0 Å². The van der Waals surface area contributed by atoms with E-state index in [4.69, 9.17) is 0 Å². The summed E-state index contributed by atoms with van der Waals surface area (Å²) in [6.45, 7) is 3.20. The lowest BCUT2D eigenvalue weighted by atomic mass is 10.1. The molecule has 2 unspecified atom stereocenters. The van der Waals surface area contributed by atoms with Crippen LogP contribution in [0.3, 0.4) is 0 Å². The molecule has 0 amide bonds. The molecule has 0 aliphatic rings. The molecule has 0 saturated heterocycles. The van der Waals surface area contributed by atoms with E-state index in [0.717, 1.165) is 31.6 Å². The van der Waals surface area contributed by atoms with E-state index in [-0.39, 0.29) is 0 Å². The molecule has 2 atom stereocenters. The van der Waals surface area contributed by atoms with Crippen LogP contribution < -0.4 is 5.32 Å². The number of hydrogen-bond acceptors (Lipinski definition) is 2. The van der Waals surface area contributed by atoms with Gasteiger partial charge < -0.3 is 5.32 Å². The zero-order chi connectivity index (χ0) is 12.5. The third kappa shape index (κ3) is 7.29. The van der Waals surface area contributed by atoms with Gasteiger partial charge in [-0.05, 0) is 38.3 Å². The Labute approximate surface area is 107 Å². The molecule has 1 N–H and O–H groups in total. The number of hydrogen-bond donors (Lipinski definition) is 1. The maximum absolute atomic E-state index is 10.9. The van der Waals surface area contributed by atoms with Gasteiger partial charge in [0.25, 0.3) is 0 Å². The Balaban J connectivity index is 2.06. The highest BCUT2D eigenvalue weighted by molar-refractivity contribution is 7.84. The molecule has 1 rings (SSSR count). The summed E-state index contributed by atoms with van der Waals surface area (Å²) in [5.41, 5.74) is 1.40. The molecule has 0 spiro atoms. The van der Waals surface area contributed by atoms with Crippen LogP contribution in [-0.2, 0) is 17.2 Å². The van der Waals surface area contributed by atoms with Crippen molar-refractivity contribution >= 4 is 10.8 Å². The SMILES string of the molecule is CC(CCS(C)=O)NCCCc1ccccc1. The first-order valence-corrected chi connectivity index (χ1v) is 7.98. The van der Waals surface area contributed by atoms with Crippen LogP contribution in [0, 0.1) is 0 Å². The van der Waals surface area contributed by atoms with Gasteiger partial charge in [0, 0.05) is 28.9 Å². The molecule has 1 aromatic carbocycles. The Hall–Kier alpha value is -0.670. The van der Waals surface area contributed by atoms with Gasteiger partial charge in [-0.15, -0.1) is 0 Å². The van der Waals surface area contributed by atoms with Crippen LogP contribution >= 0.6 is 0 Å². The van der Waals surface area contributed by atoms with Gasteiger partial charge in [0.05, 0.1) is 0 Å². The second-order valence-electron chi connectivity index (χ2n) is 4.51. The first-order chi connectivity index (χ1) is 8.18. The molecule has 17 heavy (non-hydrogen) atoms. The minimum Gasteiger partial charge on any atom is -0.314 e. The van der Waals surface area contributed by atoms with E-state index in [0.29, 0.717) is 6.04 Å². The van der Waals surface area contributed by atoms with Gasteiger partial charge in [0.15, 0.2) is 0 Å². The third-order valence-electron chi connectivity index (χ3n) is 2.82. The third-order valence-corrected chi connectivity index (χ3v) is 3.63. The highest BCUT2D eigenvalue weighted by Gasteiger charge is 2.01. The zero-order valence-electron chi connectivity index (χ0n) is 10.8. The Morgan fingerprint density at radius 1 is 1.29 bits per heavy atom. The van der Waals surface area contributed by atoms with Crippen molar-refractivity contribution in [2.75, 3.05) is 18.6 Å². The van der Waals surface area contributed by atoms with Crippen molar-refractivity contribution in [2.24, 2.45) is 0 Å². The van der Waals surface area contributed by atoms with Gasteiger partial charge in [-0.3, -0.25) is 4.21 Å². The van der Waals surface area contributed by atoms with Crippen LogP contribution in [0.4, 0.5) is 0 Å². The summed E-state index contributed by atoms with van der Waals surface area (Å²) >= 11 is 0. The molecule has 0 heterocycles. The number of aryl methyl sites for hydroxylation is 1. The topological polar surface area (TPSA) is 29.1 Å². The molecule has 0 aromatic heterocycles. The highest BCUT2D eigenvalue weighted by atomic mass is 32.2. The van der Waals surface area contributed by atoms with Crippen molar-refractivity contribution in [3.05, 3.63) is 35.9 Å². The van der Waals surface area contributed by atoms with Crippen molar-refractivity contribution in [3.63, 3.8) is 0 Å². The average Bonchev–Trinajstić information content (AvgIpc) is 2.33. The van der Waals surface area contributed by atoms with E-state index in [1.165, 1.54) is 5.56 Å². The highest BCUT2D eigenvalue weighted by Crippen LogP contribution is 2.02. The van der Waals surface area contributed by atoms with Crippen LogP contribution in [0.5, 0.6) is 0 Å². The molecule has 3 heteroatoms. The second kappa shape index (κ2) is 8.43. The summed E-state index contributed by atoms with van der Waals surface area (Å²) in [4.78, 5) is 0. The van der Waals surface area contributed by atoms with Crippen molar-refractivity contribution in [3.8, 4) is 0 Å². The predicted octanol–water partition coefficient (Wildman–Crippen LogP) is 2.37. The standard InChI is InChI=1S/C14H23NOS/c1-13(10-12-17(2)16)15-11-6-9-14-7-4-3-5-8-14/h3-5,7-8,13,15H,6,9-12H2,1-2H3. The Kier molecular flexibility index (Phi) is 7.13. The first-order valence-electron chi connectivity index (χ1n) is 6.26. The van der Waals surface area contributed by atoms with E-state index in [9.17, 15) is 4.21 Å². The molecule has 0 saturated carbocycles. The Morgan fingerprint density at radius 2 is 2.00 bits per heavy atom. The molecule has 1 aromatic rings. The molecular formula is C14H23NOS. The summed E-state index contributed by atoms with van der Waals surface area (Å²) in [5, 5.41) is 3.47. The molecular weight excluding hydrogens is 230 g/mol. The maximum atomic E-state index is 10.9. The zero-order valence-corrected chi connectivity index (χ0v) is 11.6. The lowest BCUT2D eigenvalue weighted by Crippen LogP contribution is -2.28. The van der Waals surface area contributed by atoms with Gasteiger partial charge in [0.1, 0.15) is 0 Å². The van der Waals surface area contributed by atoms with E-state index < -0.39 is 10.8 Å². The average molecular weight is 253 g/mol. The fourth-order valence-corrected chi connectivity index (χ4v) is 2.42. The lowest BCUT2D eigenvalue weighted by molar-refractivity contribution is 0.525. The normalized spacial score (nSPS) is 14.5. The van der Waals surface area contributed by atoms with Gasteiger partial charge in [-0.2, -0.15) is 0 Å².